The Hall–Kier alpha value is -3.90. The number of carbonyl (C=O) groups is 2. The molecule has 1 aliphatic rings. The fourth-order valence-electron chi connectivity index (χ4n) is 4.08. The van der Waals surface area contributed by atoms with Crippen LogP contribution in [0.25, 0.3) is 6.08 Å². The molecule has 33 heavy (non-hydrogen) atoms. The van der Waals surface area contributed by atoms with Crippen molar-refractivity contribution in [1.82, 2.24) is 0 Å². The van der Waals surface area contributed by atoms with E-state index >= 15 is 0 Å². The largest absolute Gasteiger partial charge is 0.497 e. The number of aliphatic hydroxyl groups is 1. The van der Waals surface area contributed by atoms with E-state index in [0.29, 0.717) is 22.7 Å². The Labute approximate surface area is 192 Å². The van der Waals surface area contributed by atoms with Crippen molar-refractivity contribution >= 4 is 23.5 Å². The van der Waals surface area contributed by atoms with Crippen molar-refractivity contribution in [2.45, 2.75) is 12.0 Å². The van der Waals surface area contributed by atoms with Crippen LogP contribution in [-0.4, -0.2) is 37.6 Å². The van der Waals surface area contributed by atoms with Crippen molar-refractivity contribution in [2.75, 3.05) is 25.7 Å². The van der Waals surface area contributed by atoms with Crippen LogP contribution in [-0.2, 0) is 10.4 Å². The highest BCUT2D eigenvalue weighted by Gasteiger charge is 2.50. The highest BCUT2D eigenvalue weighted by molar-refractivity contribution is 6.11. The molecule has 1 aliphatic heterocycles. The third kappa shape index (κ3) is 4.25. The van der Waals surface area contributed by atoms with E-state index in [2.05, 4.69) is 0 Å². The topological polar surface area (TPSA) is 76.1 Å². The molecule has 0 unspecified atom stereocenters. The standard InChI is InChI=1S/C27H25NO5/c1-32-20-14-15-25(33-2)21(17-20)24(29)18-27(31)22-12-6-7-13-23(22)28(26(27)30)16-8-11-19-9-4-3-5-10-19/h3-15,17,31H,16,18H2,1-2H3/b11-8+/t27-/m0/s1. The highest BCUT2D eigenvalue weighted by Crippen LogP contribution is 2.43. The molecule has 3 aromatic rings. The number of ketones is 1. The molecule has 4 rings (SSSR count). The summed E-state index contributed by atoms with van der Waals surface area (Å²) in [5, 5.41) is 11.5. The summed E-state index contributed by atoms with van der Waals surface area (Å²) >= 11 is 0. The summed E-state index contributed by atoms with van der Waals surface area (Å²) in [6.45, 7) is 0.268. The first-order valence-corrected chi connectivity index (χ1v) is 10.6. The van der Waals surface area contributed by atoms with E-state index in [1.54, 1.807) is 42.5 Å². The fourth-order valence-corrected chi connectivity index (χ4v) is 4.08. The molecule has 0 radical (unpaired) electrons. The smallest absolute Gasteiger partial charge is 0.264 e. The van der Waals surface area contributed by atoms with Crippen LogP contribution in [0.4, 0.5) is 5.69 Å². The maximum absolute atomic E-state index is 13.4. The van der Waals surface area contributed by atoms with Gasteiger partial charge in [0.25, 0.3) is 5.91 Å². The van der Waals surface area contributed by atoms with Gasteiger partial charge < -0.3 is 19.5 Å². The van der Waals surface area contributed by atoms with E-state index in [9.17, 15) is 14.7 Å². The molecule has 0 fully saturated rings. The van der Waals surface area contributed by atoms with Gasteiger partial charge in [-0.15, -0.1) is 0 Å². The van der Waals surface area contributed by atoms with Crippen LogP contribution >= 0.6 is 0 Å². The molecule has 3 aromatic carbocycles. The van der Waals surface area contributed by atoms with Crippen molar-refractivity contribution in [3.05, 3.63) is 95.6 Å². The number of amides is 1. The van der Waals surface area contributed by atoms with Gasteiger partial charge in [-0.1, -0.05) is 60.7 Å². The Bertz CT molecular complexity index is 1200. The number of ether oxygens (including phenoxy) is 2. The van der Waals surface area contributed by atoms with Crippen molar-refractivity contribution in [3.8, 4) is 11.5 Å². The number of carbonyl (C=O) groups excluding carboxylic acids is 2. The zero-order valence-electron chi connectivity index (χ0n) is 18.5. The normalized spacial score (nSPS) is 17.3. The second-order valence-corrected chi connectivity index (χ2v) is 7.77. The Balaban J connectivity index is 1.63. The minimum absolute atomic E-state index is 0.248. The minimum Gasteiger partial charge on any atom is -0.497 e. The van der Waals surface area contributed by atoms with Gasteiger partial charge >= 0.3 is 0 Å². The lowest BCUT2D eigenvalue weighted by Gasteiger charge is -2.22. The van der Waals surface area contributed by atoms with Crippen molar-refractivity contribution in [2.24, 2.45) is 0 Å². The van der Waals surface area contributed by atoms with Gasteiger partial charge in [0.1, 0.15) is 11.5 Å². The SMILES string of the molecule is COc1ccc(OC)c(C(=O)C[C@@]2(O)C(=O)N(C/C=C/c3ccccc3)c3ccccc32)c1. The van der Waals surface area contributed by atoms with Gasteiger partial charge in [0, 0.05) is 12.1 Å². The minimum atomic E-state index is -1.97. The number of methoxy groups -OCH3 is 2. The third-order valence-electron chi connectivity index (χ3n) is 5.76. The molecule has 0 saturated heterocycles. The lowest BCUT2D eigenvalue weighted by molar-refractivity contribution is -0.135. The van der Waals surface area contributed by atoms with Crippen molar-refractivity contribution in [3.63, 3.8) is 0 Å². The molecule has 0 aliphatic carbocycles. The number of nitrogens with zero attached hydrogens (tertiary/aromatic N) is 1. The quantitative estimate of drug-likeness (QED) is 0.528. The van der Waals surface area contributed by atoms with E-state index in [1.807, 2.05) is 42.5 Å². The van der Waals surface area contributed by atoms with E-state index in [-0.39, 0.29) is 12.1 Å². The van der Waals surface area contributed by atoms with Crippen LogP contribution in [0.15, 0.2) is 78.9 Å². The molecule has 0 aromatic heterocycles. The van der Waals surface area contributed by atoms with E-state index in [1.165, 1.54) is 19.1 Å². The van der Waals surface area contributed by atoms with E-state index < -0.39 is 23.7 Å². The number of hydrogen-bond acceptors (Lipinski definition) is 5. The van der Waals surface area contributed by atoms with Gasteiger partial charge in [0.05, 0.1) is 31.9 Å². The Morgan fingerprint density at radius 1 is 1.00 bits per heavy atom. The first-order chi connectivity index (χ1) is 16.0. The Kier molecular flexibility index (Phi) is 6.29. The molecular weight excluding hydrogens is 418 g/mol. The summed E-state index contributed by atoms with van der Waals surface area (Å²) in [7, 11) is 2.96. The summed E-state index contributed by atoms with van der Waals surface area (Å²) in [4.78, 5) is 28.1. The summed E-state index contributed by atoms with van der Waals surface area (Å²) in [6, 6.07) is 21.6. The average Bonchev–Trinajstić information content (AvgIpc) is 3.06. The summed E-state index contributed by atoms with van der Waals surface area (Å²) in [6.07, 6.45) is 3.37. The predicted octanol–water partition coefficient (Wildman–Crippen LogP) is 4.22. The molecule has 0 spiro atoms. The van der Waals surface area contributed by atoms with Crippen LogP contribution in [0.3, 0.4) is 0 Å². The number of anilines is 1. The number of fused-ring (bicyclic) bond motifs is 1. The number of rotatable bonds is 8. The number of para-hydroxylation sites is 1. The zero-order valence-corrected chi connectivity index (χ0v) is 18.5. The van der Waals surface area contributed by atoms with Crippen LogP contribution in [0, 0.1) is 0 Å². The summed E-state index contributed by atoms with van der Waals surface area (Å²) in [5.74, 6) is -0.113. The lowest BCUT2D eigenvalue weighted by atomic mass is 9.88. The number of Topliss-reactive ketones (excluding diaryl/α,β-unsaturated/α-hetero) is 1. The first kappa shape index (κ1) is 22.3. The number of hydrogen-bond donors (Lipinski definition) is 1. The zero-order chi connectivity index (χ0) is 23.4. The first-order valence-electron chi connectivity index (χ1n) is 10.6. The van der Waals surface area contributed by atoms with Crippen LogP contribution < -0.4 is 14.4 Å². The maximum atomic E-state index is 13.4. The second kappa shape index (κ2) is 9.30. The summed E-state index contributed by atoms with van der Waals surface area (Å²) < 4.78 is 10.5. The van der Waals surface area contributed by atoms with Gasteiger partial charge in [-0.3, -0.25) is 9.59 Å². The average molecular weight is 443 g/mol. The van der Waals surface area contributed by atoms with Crippen molar-refractivity contribution in [1.29, 1.82) is 0 Å². The van der Waals surface area contributed by atoms with Gasteiger partial charge in [-0.05, 0) is 29.8 Å². The lowest BCUT2D eigenvalue weighted by Crippen LogP contribution is -2.42. The van der Waals surface area contributed by atoms with E-state index in [4.69, 9.17) is 9.47 Å². The molecule has 1 amide bonds. The van der Waals surface area contributed by atoms with Crippen LogP contribution in [0.1, 0.15) is 27.9 Å². The molecule has 168 valence electrons. The molecule has 6 heteroatoms. The Morgan fingerprint density at radius 2 is 1.73 bits per heavy atom. The molecular formula is C27H25NO5. The molecule has 1 N–H and O–H groups in total. The van der Waals surface area contributed by atoms with Crippen LogP contribution in [0.2, 0.25) is 0 Å². The van der Waals surface area contributed by atoms with Gasteiger partial charge in [0.15, 0.2) is 11.4 Å². The van der Waals surface area contributed by atoms with Gasteiger partial charge in [-0.25, -0.2) is 0 Å². The maximum Gasteiger partial charge on any atom is 0.264 e. The van der Waals surface area contributed by atoms with Gasteiger partial charge in [0.2, 0.25) is 0 Å². The van der Waals surface area contributed by atoms with Gasteiger partial charge in [-0.2, -0.15) is 0 Å². The Morgan fingerprint density at radius 3 is 2.45 bits per heavy atom. The molecule has 6 nitrogen and oxygen atoms in total. The highest BCUT2D eigenvalue weighted by atomic mass is 16.5. The third-order valence-corrected chi connectivity index (χ3v) is 5.76. The molecule has 0 bridgehead atoms. The second-order valence-electron chi connectivity index (χ2n) is 7.77. The molecule has 1 heterocycles. The predicted molar refractivity (Wildman–Crippen MR) is 127 cm³/mol. The van der Waals surface area contributed by atoms with Crippen LogP contribution in [0.5, 0.6) is 11.5 Å². The summed E-state index contributed by atoms with van der Waals surface area (Å²) in [5.41, 5.74) is 0.292. The fraction of sp³-hybridized carbons (Fsp3) is 0.185. The monoisotopic (exact) mass is 443 g/mol. The molecule has 0 saturated carbocycles. The molecule has 1 atom stereocenters. The van der Waals surface area contributed by atoms with E-state index in [0.717, 1.165) is 5.56 Å². The number of benzene rings is 3. The van der Waals surface area contributed by atoms with Crippen molar-refractivity contribution < 1.29 is 24.2 Å².